The highest BCUT2D eigenvalue weighted by Gasteiger charge is 2.21. The van der Waals surface area contributed by atoms with Crippen molar-refractivity contribution in [2.75, 3.05) is 5.43 Å². The summed E-state index contributed by atoms with van der Waals surface area (Å²) in [5, 5.41) is 1.15. The second-order valence-electron chi connectivity index (χ2n) is 4.02. The molecule has 2 aromatic heterocycles. The number of nitrogens with two attached hydrogens (primary N) is 1. The molecule has 0 fully saturated rings. The number of fused-ring (bicyclic) bond motifs is 3. The molecule has 2 heterocycles. The van der Waals surface area contributed by atoms with E-state index in [1.54, 1.807) is 11.3 Å². The van der Waals surface area contributed by atoms with Gasteiger partial charge in [0.15, 0.2) is 5.82 Å². The fourth-order valence-corrected chi connectivity index (χ4v) is 3.58. The zero-order valence-corrected chi connectivity index (χ0v) is 10.0. The van der Waals surface area contributed by atoms with E-state index in [4.69, 9.17) is 5.84 Å². The Morgan fingerprint density at radius 3 is 3.00 bits per heavy atom. The molecule has 3 N–H and O–H groups in total. The number of nitrogens with one attached hydrogen (secondary N) is 1. The predicted octanol–water partition coefficient (Wildman–Crippen LogP) is 2.03. The quantitative estimate of drug-likeness (QED) is 0.616. The summed E-state index contributed by atoms with van der Waals surface area (Å²) < 4.78 is 0. The number of hydrogen-bond acceptors (Lipinski definition) is 5. The summed E-state index contributed by atoms with van der Waals surface area (Å²) in [6, 6.07) is 0. The number of anilines is 1. The van der Waals surface area contributed by atoms with E-state index in [2.05, 4.69) is 22.3 Å². The first-order valence-corrected chi connectivity index (χ1v) is 6.43. The second-order valence-corrected chi connectivity index (χ2v) is 5.11. The minimum atomic E-state index is 0.793. The molecule has 0 bridgehead atoms. The highest BCUT2D eigenvalue weighted by Crippen LogP contribution is 2.39. The fourth-order valence-electron chi connectivity index (χ4n) is 2.30. The zero-order chi connectivity index (χ0) is 11.1. The lowest BCUT2D eigenvalue weighted by molar-refractivity contribution is 0.915. The molecular formula is C11H14N4S. The van der Waals surface area contributed by atoms with Crippen LogP contribution in [0.1, 0.15) is 29.6 Å². The smallest absolute Gasteiger partial charge is 0.152 e. The van der Waals surface area contributed by atoms with Gasteiger partial charge in [0.25, 0.3) is 0 Å². The van der Waals surface area contributed by atoms with E-state index in [1.807, 2.05) is 0 Å². The summed E-state index contributed by atoms with van der Waals surface area (Å²) in [6.45, 7) is 2.06. The molecule has 4 nitrogen and oxygen atoms in total. The number of nitrogen functional groups attached to an aromatic ring is 1. The normalized spacial score (nSPS) is 14.4. The van der Waals surface area contributed by atoms with Crippen molar-refractivity contribution in [3.8, 4) is 0 Å². The van der Waals surface area contributed by atoms with E-state index in [9.17, 15) is 0 Å². The SMILES string of the molecule is CCc1nc(NN)c2c3c(sc2n1)CCC3. The van der Waals surface area contributed by atoms with Gasteiger partial charge < -0.3 is 5.43 Å². The van der Waals surface area contributed by atoms with E-state index in [0.29, 0.717) is 0 Å². The van der Waals surface area contributed by atoms with Crippen LogP contribution in [0.15, 0.2) is 0 Å². The van der Waals surface area contributed by atoms with Crippen LogP contribution in [0.4, 0.5) is 5.82 Å². The number of nitrogens with zero attached hydrogens (tertiary/aromatic N) is 2. The lowest BCUT2D eigenvalue weighted by Crippen LogP contribution is -2.11. The van der Waals surface area contributed by atoms with Gasteiger partial charge in [-0.25, -0.2) is 15.8 Å². The first-order chi connectivity index (χ1) is 7.83. The van der Waals surface area contributed by atoms with Gasteiger partial charge in [0.05, 0.1) is 5.39 Å². The molecule has 0 saturated heterocycles. The Labute approximate surface area is 97.9 Å². The molecule has 2 aromatic rings. The van der Waals surface area contributed by atoms with Crippen molar-refractivity contribution in [2.45, 2.75) is 32.6 Å². The minimum Gasteiger partial charge on any atom is -0.308 e. The Bertz CT molecular complexity index is 546. The van der Waals surface area contributed by atoms with Gasteiger partial charge in [-0.15, -0.1) is 11.3 Å². The van der Waals surface area contributed by atoms with E-state index in [1.165, 1.54) is 23.3 Å². The molecule has 16 heavy (non-hydrogen) atoms. The standard InChI is InChI=1S/C11H14N4S/c1-2-8-13-10(15-12)9-6-4-3-5-7(6)16-11(9)14-8/h2-5,12H2,1H3,(H,13,14,15). The number of aromatic nitrogens is 2. The van der Waals surface area contributed by atoms with Crippen LogP contribution in [0.5, 0.6) is 0 Å². The summed E-state index contributed by atoms with van der Waals surface area (Å²) in [6.07, 6.45) is 4.41. The van der Waals surface area contributed by atoms with E-state index in [-0.39, 0.29) is 0 Å². The van der Waals surface area contributed by atoms with E-state index in [0.717, 1.165) is 34.7 Å². The molecule has 84 valence electrons. The van der Waals surface area contributed by atoms with Crippen molar-refractivity contribution in [2.24, 2.45) is 5.84 Å². The maximum atomic E-state index is 5.56. The molecule has 0 unspecified atom stereocenters. The molecule has 1 aliphatic carbocycles. The number of rotatable bonds is 2. The predicted molar refractivity (Wildman–Crippen MR) is 66.6 cm³/mol. The van der Waals surface area contributed by atoms with Crippen molar-refractivity contribution in [3.05, 3.63) is 16.3 Å². The van der Waals surface area contributed by atoms with Crippen molar-refractivity contribution >= 4 is 27.4 Å². The van der Waals surface area contributed by atoms with Gasteiger partial charge in [-0.05, 0) is 24.8 Å². The number of thiophene rings is 1. The van der Waals surface area contributed by atoms with Gasteiger partial charge in [0.1, 0.15) is 10.7 Å². The first kappa shape index (κ1) is 9.99. The van der Waals surface area contributed by atoms with Crippen LogP contribution >= 0.6 is 11.3 Å². The fraction of sp³-hybridized carbons (Fsp3) is 0.455. The Kier molecular flexibility index (Phi) is 2.29. The van der Waals surface area contributed by atoms with Gasteiger partial charge in [-0.2, -0.15) is 0 Å². The lowest BCUT2D eigenvalue weighted by Gasteiger charge is -2.04. The zero-order valence-electron chi connectivity index (χ0n) is 9.21. The number of aryl methyl sites for hydroxylation is 3. The Balaban J connectivity index is 2.32. The summed E-state index contributed by atoms with van der Waals surface area (Å²) in [5.41, 5.74) is 4.13. The van der Waals surface area contributed by atoms with E-state index < -0.39 is 0 Å². The second kappa shape index (κ2) is 3.68. The third-order valence-corrected chi connectivity index (χ3v) is 4.25. The van der Waals surface area contributed by atoms with E-state index >= 15 is 0 Å². The van der Waals surface area contributed by atoms with Crippen molar-refractivity contribution in [1.82, 2.24) is 9.97 Å². The molecule has 1 aliphatic rings. The maximum absolute atomic E-state index is 5.56. The van der Waals surface area contributed by atoms with Gasteiger partial charge in [0.2, 0.25) is 0 Å². The van der Waals surface area contributed by atoms with Crippen LogP contribution < -0.4 is 11.3 Å². The molecule has 0 amide bonds. The van der Waals surface area contributed by atoms with Crippen LogP contribution in [0.3, 0.4) is 0 Å². The summed E-state index contributed by atoms with van der Waals surface area (Å²) in [5.74, 6) is 7.21. The largest absolute Gasteiger partial charge is 0.308 e. The van der Waals surface area contributed by atoms with Gasteiger partial charge in [-0.3, -0.25) is 0 Å². The number of hydrazine groups is 1. The van der Waals surface area contributed by atoms with Gasteiger partial charge in [0, 0.05) is 11.3 Å². The summed E-state index contributed by atoms with van der Waals surface area (Å²) in [7, 11) is 0. The topological polar surface area (TPSA) is 63.8 Å². The molecule has 0 aromatic carbocycles. The van der Waals surface area contributed by atoms with Crippen LogP contribution in [-0.2, 0) is 19.3 Å². The van der Waals surface area contributed by atoms with Crippen molar-refractivity contribution in [1.29, 1.82) is 0 Å². The first-order valence-electron chi connectivity index (χ1n) is 5.61. The molecule has 0 radical (unpaired) electrons. The average molecular weight is 234 g/mol. The van der Waals surface area contributed by atoms with Crippen molar-refractivity contribution in [3.63, 3.8) is 0 Å². The average Bonchev–Trinajstić information content (AvgIpc) is 2.86. The molecular weight excluding hydrogens is 220 g/mol. The molecule has 3 rings (SSSR count). The number of hydrogen-bond donors (Lipinski definition) is 2. The third-order valence-electron chi connectivity index (χ3n) is 3.06. The Morgan fingerprint density at radius 1 is 1.38 bits per heavy atom. The molecule has 5 heteroatoms. The van der Waals surface area contributed by atoms with Crippen molar-refractivity contribution < 1.29 is 0 Å². The molecule has 0 atom stereocenters. The minimum absolute atomic E-state index is 0.793. The van der Waals surface area contributed by atoms with Crippen LogP contribution in [-0.4, -0.2) is 9.97 Å². The van der Waals surface area contributed by atoms with Crippen LogP contribution in [0.25, 0.3) is 10.2 Å². The maximum Gasteiger partial charge on any atom is 0.152 e. The Hall–Kier alpha value is -1.20. The third kappa shape index (κ3) is 1.32. The summed E-state index contributed by atoms with van der Waals surface area (Å²) in [4.78, 5) is 11.6. The van der Waals surface area contributed by atoms with Crippen LogP contribution in [0.2, 0.25) is 0 Å². The molecule has 0 aliphatic heterocycles. The van der Waals surface area contributed by atoms with Gasteiger partial charge in [-0.1, -0.05) is 6.92 Å². The lowest BCUT2D eigenvalue weighted by atomic mass is 10.2. The van der Waals surface area contributed by atoms with Crippen LogP contribution in [0, 0.1) is 0 Å². The summed E-state index contributed by atoms with van der Waals surface area (Å²) >= 11 is 1.80. The molecule has 0 saturated carbocycles. The highest BCUT2D eigenvalue weighted by atomic mass is 32.1. The monoisotopic (exact) mass is 234 g/mol. The Morgan fingerprint density at radius 2 is 2.25 bits per heavy atom. The highest BCUT2D eigenvalue weighted by molar-refractivity contribution is 7.19. The molecule has 0 spiro atoms. The van der Waals surface area contributed by atoms with Gasteiger partial charge >= 0.3 is 0 Å².